The van der Waals surface area contributed by atoms with Crippen LogP contribution in [-0.4, -0.2) is 54.1 Å². The predicted molar refractivity (Wildman–Crippen MR) is 76.0 cm³/mol. The third-order valence-electron chi connectivity index (χ3n) is 3.70. The van der Waals surface area contributed by atoms with Gasteiger partial charge < -0.3 is 14.8 Å². The van der Waals surface area contributed by atoms with Crippen molar-refractivity contribution in [1.82, 2.24) is 9.29 Å². The number of carboxylic acid groups (broad SMARTS) is 1. The molecule has 0 bridgehead atoms. The summed E-state index contributed by atoms with van der Waals surface area (Å²) in [4.78, 5) is 13.9. The molecule has 2 atom stereocenters. The number of ether oxygens (including phenoxy) is 1. The Kier molecular flexibility index (Phi) is 4.14. The molecule has 2 N–H and O–H groups in total. The molecule has 0 spiro atoms. The number of hydrogen-bond acceptors (Lipinski definition) is 4. The molecular formula is C13H20N2O5S. The van der Waals surface area contributed by atoms with E-state index < -0.39 is 16.0 Å². The summed E-state index contributed by atoms with van der Waals surface area (Å²) < 4.78 is 32.6. The lowest BCUT2D eigenvalue weighted by atomic mass is 10.2. The van der Waals surface area contributed by atoms with Gasteiger partial charge in [-0.3, -0.25) is 0 Å². The lowest BCUT2D eigenvalue weighted by Gasteiger charge is -2.35. The second kappa shape index (κ2) is 5.43. The van der Waals surface area contributed by atoms with Crippen LogP contribution in [0.25, 0.3) is 0 Å². The van der Waals surface area contributed by atoms with Gasteiger partial charge in [0, 0.05) is 23.8 Å². The topological polar surface area (TPSA) is 99.7 Å². The van der Waals surface area contributed by atoms with Crippen LogP contribution in [-0.2, 0) is 14.8 Å². The van der Waals surface area contributed by atoms with Crippen LogP contribution in [0.2, 0.25) is 0 Å². The number of nitrogens with zero attached hydrogens (tertiary/aromatic N) is 1. The molecule has 0 aliphatic carbocycles. The van der Waals surface area contributed by atoms with Crippen molar-refractivity contribution >= 4 is 16.0 Å². The molecule has 0 radical (unpaired) electrons. The maximum atomic E-state index is 12.9. The van der Waals surface area contributed by atoms with Crippen LogP contribution in [0, 0.1) is 13.8 Å². The number of sulfonamides is 1. The minimum atomic E-state index is -3.76. The summed E-state index contributed by atoms with van der Waals surface area (Å²) in [6.45, 7) is 7.26. The Morgan fingerprint density at radius 3 is 2.52 bits per heavy atom. The van der Waals surface area contributed by atoms with Gasteiger partial charge in [0.2, 0.25) is 10.0 Å². The standard InChI is InChI=1S/C13H20N2O5S/c1-7-6-20-8(2)5-15(7)21(18,19)12-9(3)11(13(16)17)14-10(12)4/h7-8,14H,5-6H2,1-4H3,(H,16,17). The van der Waals surface area contributed by atoms with E-state index in [-0.39, 0.29) is 34.8 Å². The number of rotatable bonds is 3. The number of nitrogens with one attached hydrogen (secondary N) is 1. The molecule has 2 unspecified atom stereocenters. The predicted octanol–water partition coefficient (Wildman–Crippen LogP) is 1.13. The number of aromatic carboxylic acids is 1. The molecule has 0 amide bonds. The molecule has 1 saturated heterocycles. The highest BCUT2D eigenvalue weighted by Crippen LogP contribution is 2.29. The second-order valence-corrected chi connectivity index (χ2v) is 7.28. The van der Waals surface area contributed by atoms with E-state index in [0.717, 1.165) is 0 Å². The van der Waals surface area contributed by atoms with Crippen molar-refractivity contribution in [1.29, 1.82) is 0 Å². The summed E-state index contributed by atoms with van der Waals surface area (Å²) in [5, 5.41) is 9.11. The molecule has 7 nitrogen and oxygen atoms in total. The van der Waals surface area contributed by atoms with Crippen molar-refractivity contribution in [2.75, 3.05) is 13.2 Å². The molecule has 1 aliphatic heterocycles. The lowest BCUT2D eigenvalue weighted by molar-refractivity contribution is -0.0170. The van der Waals surface area contributed by atoms with Gasteiger partial charge in [0.15, 0.2) is 0 Å². The quantitative estimate of drug-likeness (QED) is 0.870. The van der Waals surface area contributed by atoms with Gasteiger partial charge in [0.05, 0.1) is 12.7 Å². The summed E-state index contributed by atoms with van der Waals surface area (Å²) in [6.07, 6.45) is -0.186. The summed E-state index contributed by atoms with van der Waals surface area (Å²) in [5.74, 6) is -1.17. The molecule has 8 heteroatoms. The molecular weight excluding hydrogens is 296 g/mol. The number of carboxylic acids is 1. The summed E-state index contributed by atoms with van der Waals surface area (Å²) in [5.41, 5.74) is 0.502. The minimum absolute atomic E-state index is 0.0563. The van der Waals surface area contributed by atoms with E-state index in [1.165, 1.54) is 11.2 Å². The summed E-state index contributed by atoms with van der Waals surface area (Å²) in [7, 11) is -3.76. The zero-order valence-electron chi connectivity index (χ0n) is 12.5. The van der Waals surface area contributed by atoms with Crippen LogP contribution in [0.4, 0.5) is 0 Å². The fourth-order valence-electron chi connectivity index (χ4n) is 2.66. The largest absolute Gasteiger partial charge is 0.477 e. The first-order chi connectivity index (χ1) is 9.66. The number of aromatic amines is 1. The van der Waals surface area contributed by atoms with Crippen LogP contribution < -0.4 is 0 Å². The molecule has 21 heavy (non-hydrogen) atoms. The van der Waals surface area contributed by atoms with Crippen LogP contribution in [0.3, 0.4) is 0 Å². The van der Waals surface area contributed by atoms with E-state index in [4.69, 9.17) is 9.84 Å². The smallest absolute Gasteiger partial charge is 0.352 e. The first-order valence-corrected chi connectivity index (χ1v) is 8.16. The molecule has 1 aromatic rings. The Morgan fingerprint density at radius 1 is 1.38 bits per heavy atom. The van der Waals surface area contributed by atoms with Crippen LogP contribution in [0.15, 0.2) is 4.90 Å². The van der Waals surface area contributed by atoms with Crippen molar-refractivity contribution in [2.45, 2.75) is 44.7 Å². The van der Waals surface area contributed by atoms with Gasteiger partial charge in [-0.1, -0.05) is 0 Å². The van der Waals surface area contributed by atoms with Gasteiger partial charge in [0.25, 0.3) is 0 Å². The molecule has 1 fully saturated rings. The van der Waals surface area contributed by atoms with E-state index in [2.05, 4.69) is 4.98 Å². The SMILES string of the molecule is Cc1[nH]c(C(=O)O)c(C)c1S(=O)(=O)N1CC(C)OCC1C. The fourth-order valence-corrected chi connectivity index (χ4v) is 4.76. The van der Waals surface area contributed by atoms with Crippen molar-refractivity contribution in [2.24, 2.45) is 0 Å². The Balaban J connectivity index is 2.52. The van der Waals surface area contributed by atoms with E-state index in [0.29, 0.717) is 12.3 Å². The monoisotopic (exact) mass is 316 g/mol. The Morgan fingerprint density at radius 2 is 2.00 bits per heavy atom. The highest BCUT2D eigenvalue weighted by molar-refractivity contribution is 7.89. The molecule has 1 aromatic heterocycles. The van der Waals surface area contributed by atoms with E-state index in [1.54, 1.807) is 13.8 Å². The second-order valence-electron chi connectivity index (χ2n) is 5.45. The molecule has 2 rings (SSSR count). The van der Waals surface area contributed by atoms with Gasteiger partial charge in [-0.15, -0.1) is 0 Å². The van der Waals surface area contributed by atoms with Crippen LogP contribution >= 0.6 is 0 Å². The van der Waals surface area contributed by atoms with Crippen LogP contribution in [0.5, 0.6) is 0 Å². The van der Waals surface area contributed by atoms with Crippen molar-refractivity contribution in [3.8, 4) is 0 Å². The summed E-state index contributed by atoms with van der Waals surface area (Å²) in [6, 6.07) is -0.284. The van der Waals surface area contributed by atoms with Crippen molar-refractivity contribution in [3.05, 3.63) is 17.0 Å². The number of aromatic nitrogens is 1. The number of aryl methyl sites for hydroxylation is 1. The average molecular weight is 316 g/mol. The maximum absolute atomic E-state index is 12.9. The highest BCUT2D eigenvalue weighted by Gasteiger charge is 2.37. The summed E-state index contributed by atoms with van der Waals surface area (Å²) >= 11 is 0. The Labute approximate surface area is 124 Å². The molecule has 0 saturated carbocycles. The highest BCUT2D eigenvalue weighted by atomic mass is 32.2. The number of H-pyrrole nitrogens is 1. The average Bonchev–Trinajstić information content (AvgIpc) is 2.68. The van der Waals surface area contributed by atoms with Gasteiger partial charge >= 0.3 is 5.97 Å². The van der Waals surface area contributed by atoms with Crippen molar-refractivity contribution in [3.63, 3.8) is 0 Å². The van der Waals surface area contributed by atoms with E-state index >= 15 is 0 Å². The lowest BCUT2D eigenvalue weighted by Crippen LogP contribution is -2.50. The first kappa shape index (κ1) is 16.0. The third kappa shape index (κ3) is 2.70. The van der Waals surface area contributed by atoms with Gasteiger partial charge in [-0.05, 0) is 27.7 Å². The van der Waals surface area contributed by atoms with Gasteiger partial charge in [-0.2, -0.15) is 4.31 Å². The molecule has 118 valence electrons. The molecule has 0 aromatic carbocycles. The maximum Gasteiger partial charge on any atom is 0.352 e. The Bertz CT molecular complexity index is 664. The minimum Gasteiger partial charge on any atom is -0.477 e. The van der Waals surface area contributed by atoms with Gasteiger partial charge in [-0.25, -0.2) is 13.2 Å². The van der Waals surface area contributed by atoms with Crippen LogP contribution in [0.1, 0.15) is 35.6 Å². The van der Waals surface area contributed by atoms with Gasteiger partial charge in [0.1, 0.15) is 10.6 Å². The van der Waals surface area contributed by atoms with Crippen molar-refractivity contribution < 1.29 is 23.1 Å². The fraction of sp³-hybridized carbons (Fsp3) is 0.615. The molecule has 1 aliphatic rings. The molecule has 2 heterocycles. The number of morpholine rings is 1. The van der Waals surface area contributed by atoms with E-state index in [9.17, 15) is 13.2 Å². The zero-order valence-corrected chi connectivity index (χ0v) is 13.3. The first-order valence-electron chi connectivity index (χ1n) is 6.72. The number of carbonyl (C=O) groups is 1. The normalized spacial score (nSPS) is 24.2. The number of hydrogen-bond donors (Lipinski definition) is 2. The Hall–Kier alpha value is -1.38. The van der Waals surface area contributed by atoms with E-state index in [1.807, 2.05) is 6.92 Å². The zero-order chi connectivity index (χ0) is 15.9. The third-order valence-corrected chi connectivity index (χ3v) is 5.95.